The molecule has 0 saturated carbocycles. The summed E-state index contributed by atoms with van der Waals surface area (Å²) in [7, 11) is 1.82. The largest absolute Gasteiger partial charge is 0.302 e. The van der Waals surface area contributed by atoms with Crippen LogP contribution in [0.5, 0.6) is 0 Å². The molecular formula is C12H15BrClF2N. The Morgan fingerprint density at radius 3 is 2.65 bits per heavy atom. The fourth-order valence-corrected chi connectivity index (χ4v) is 1.93. The molecule has 0 aliphatic heterocycles. The lowest BCUT2D eigenvalue weighted by molar-refractivity contribution is 0.310. The molecule has 1 rings (SSSR count). The van der Waals surface area contributed by atoms with Gasteiger partial charge in [0.2, 0.25) is 0 Å². The number of halogens is 4. The molecule has 0 aromatic heterocycles. The second-order valence-corrected chi connectivity index (χ2v) is 5.73. The first kappa shape index (κ1) is 14.9. The maximum atomic E-state index is 13.7. The van der Waals surface area contributed by atoms with E-state index in [1.165, 1.54) is 12.1 Å². The van der Waals surface area contributed by atoms with E-state index in [0.29, 0.717) is 6.54 Å². The zero-order valence-electron chi connectivity index (χ0n) is 9.81. The Labute approximate surface area is 114 Å². The van der Waals surface area contributed by atoms with Crippen molar-refractivity contribution in [1.82, 2.24) is 4.90 Å². The van der Waals surface area contributed by atoms with Crippen molar-refractivity contribution in [2.45, 2.75) is 25.3 Å². The molecule has 1 aromatic carbocycles. The van der Waals surface area contributed by atoms with Crippen molar-refractivity contribution in [1.29, 1.82) is 0 Å². The number of hydrogen-bond donors (Lipinski definition) is 0. The molecule has 0 saturated heterocycles. The minimum atomic E-state index is -0.532. The molecule has 0 bridgehead atoms. The summed E-state index contributed by atoms with van der Waals surface area (Å²) in [6.07, 6.45) is 0.787. The van der Waals surface area contributed by atoms with E-state index >= 15 is 0 Å². The molecule has 96 valence electrons. The quantitative estimate of drug-likeness (QED) is 0.580. The summed E-state index contributed by atoms with van der Waals surface area (Å²) in [4.78, 5) is 1.85. The Hall–Kier alpha value is -0.190. The van der Waals surface area contributed by atoms with Gasteiger partial charge in [0.25, 0.3) is 0 Å². The molecule has 0 aliphatic rings. The molecule has 5 heteroatoms. The lowest BCUT2D eigenvalue weighted by Crippen LogP contribution is -2.22. The summed E-state index contributed by atoms with van der Waals surface area (Å²) in [6.45, 7) is 2.84. The molecule has 0 aliphatic carbocycles. The van der Waals surface area contributed by atoms with Gasteiger partial charge in [0.1, 0.15) is 11.6 Å². The van der Waals surface area contributed by atoms with E-state index in [2.05, 4.69) is 15.9 Å². The summed E-state index contributed by atoms with van der Waals surface area (Å²) in [5.74, 6) is -1.05. The molecule has 0 radical (unpaired) electrons. The smallest absolute Gasteiger partial charge is 0.144 e. The summed E-state index contributed by atoms with van der Waals surface area (Å²) in [5, 5.41) is 0.0645. The highest BCUT2D eigenvalue weighted by atomic mass is 79.9. The summed E-state index contributed by atoms with van der Waals surface area (Å²) < 4.78 is 27.4. The van der Waals surface area contributed by atoms with Crippen LogP contribution in [0.3, 0.4) is 0 Å². The maximum Gasteiger partial charge on any atom is 0.144 e. The van der Waals surface area contributed by atoms with Gasteiger partial charge in [0.05, 0.1) is 4.47 Å². The minimum Gasteiger partial charge on any atom is -0.302 e. The molecule has 1 nitrogen and oxygen atoms in total. The van der Waals surface area contributed by atoms with Gasteiger partial charge in [0, 0.05) is 17.5 Å². The van der Waals surface area contributed by atoms with Gasteiger partial charge in [-0.25, -0.2) is 8.78 Å². The standard InChI is InChI=1S/C12H15BrClF2N/c1-8(14)5-6-17(2)7-9-11(15)4-3-10(13)12(9)16/h3-4,8H,5-7H2,1-2H3. The van der Waals surface area contributed by atoms with Crippen molar-refractivity contribution in [3.8, 4) is 0 Å². The average molecular weight is 327 g/mol. The first-order chi connectivity index (χ1) is 7.91. The van der Waals surface area contributed by atoms with Crippen molar-refractivity contribution in [3.05, 3.63) is 33.8 Å². The van der Waals surface area contributed by atoms with Gasteiger partial charge >= 0.3 is 0 Å². The first-order valence-corrected chi connectivity index (χ1v) is 6.59. The van der Waals surface area contributed by atoms with Gasteiger partial charge in [-0.2, -0.15) is 0 Å². The van der Waals surface area contributed by atoms with Crippen LogP contribution < -0.4 is 0 Å². The van der Waals surface area contributed by atoms with Crippen LogP contribution in [0.2, 0.25) is 0 Å². The Balaban J connectivity index is 2.71. The third-order valence-corrected chi connectivity index (χ3v) is 3.31. The zero-order chi connectivity index (χ0) is 13.0. The van der Waals surface area contributed by atoms with Gasteiger partial charge in [-0.1, -0.05) is 0 Å². The molecule has 0 amide bonds. The van der Waals surface area contributed by atoms with E-state index in [-0.39, 0.29) is 22.0 Å². The SMILES string of the molecule is CC(Cl)CCN(C)Cc1c(F)ccc(Br)c1F. The van der Waals surface area contributed by atoms with Crippen LogP contribution in [-0.2, 0) is 6.54 Å². The van der Waals surface area contributed by atoms with E-state index in [1.54, 1.807) is 0 Å². The van der Waals surface area contributed by atoms with Gasteiger partial charge in [-0.3, -0.25) is 0 Å². The monoisotopic (exact) mass is 325 g/mol. The van der Waals surface area contributed by atoms with Gasteiger partial charge in [-0.05, 0) is 55.0 Å². The van der Waals surface area contributed by atoms with Crippen molar-refractivity contribution >= 4 is 27.5 Å². The summed E-state index contributed by atoms with van der Waals surface area (Å²) >= 11 is 8.88. The topological polar surface area (TPSA) is 3.24 Å². The highest BCUT2D eigenvalue weighted by molar-refractivity contribution is 9.10. The van der Waals surface area contributed by atoms with E-state index in [0.717, 1.165) is 6.42 Å². The summed E-state index contributed by atoms with van der Waals surface area (Å²) in [6, 6.07) is 2.63. The predicted molar refractivity (Wildman–Crippen MR) is 70.3 cm³/mol. The van der Waals surface area contributed by atoms with Crippen LogP contribution in [-0.4, -0.2) is 23.9 Å². The molecule has 1 aromatic rings. The van der Waals surface area contributed by atoms with Crippen LogP contribution in [0.1, 0.15) is 18.9 Å². The van der Waals surface area contributed by atoms with Gasteiger partial charge < -0.3 is 4.90 Å². The fraction of sp³-hybridized carbons (Fsp3) is 0.500. The van der Waals surface area contributed by atoms with E-state index < -0.39 is 11.6 Å². The molecule has 0 spiro atoms. The van der Waals surface area contributed by atoms with Crippen LogP contribution >= 0.6 is 27.5 Å². The first-order valence-electron chi connectivity index (χ1n) is 5.36. The number of benzene rings is 1. The minimum absolute atomic E-state index is 0.0645. The maximum absolute atomic E-state index is 13.7. The van der Waals surface area contributed by atoms with E-state index in [4.69, 9.17) is 11.6 Å². The molecule has 0 fully saturated rings. The van der Waals surface area contributed by atoms with Crippen LogP contribution in [0, 0.1) is 11.6 Å². The number of hydrogen-bond acceptors (Lipinski definition) is 1. The normalized spacial score (nSPS) is 13.1. The lowest BCUT2D eigenvalue weighted by atomic mass is 10.2. The third kappa shape index (κ3) is 4.53. The summed E-state index contributed by atoms with van der Waals surface area (Å²) in [5.41, 5.74) is 0.0871. The Morgan fingerprint density at radius 1 is 1.41 bits per heavy atom. The Bertz CT molecular complexity index is 385. The number of rotatable bonds is 5. The number of alkyl halides is 1. The fourth-order valence-electron chi connectivity index (χ4n) is 1.46. The highest BCUT2D eigenvalue weighted by Crippen LogP contribution is 2.22. The third-order valence-electron chi connectivity index (χ3n) is 2.48. The molecule has 0 N–H and O–H groups in total. The highest BCUT2D eigenvalue weighted by Gasteiger charge is 2.14. The predicted octanol–water partition coefficient (Wildman–Crippen LogP) is 4.18. The van der Waals surface area contributed by atoms with Crippen LogP contribution in [0.15, 0.2) is 16.6 Å². The molecule has 1 atom stereocenters. The van der Waals surface area contributed by atoms with Crippen molar-refractivity contribution in [2.75, 3.05) is 13.6 Å². The van der Waals surface area contributed by atoms with Crippen LogP contribution in [0.25, 0.3) is 0 Å². The zero-order valence-corrected chi connectivity index (χ0v) is 12.2. The second kappa shape index (κ2) is 6.66. The molecular weight excluding hydrogens is 311 g/mol. The van der Waals surface area contributed by atoms with E-state index in [9.17, 15) is 8.78 Å². The average Bonchev–Trinajstić information content (AvgIpc) is 2.27. The molecule has 1 unspecified atom stereocenters. The lowest BCUT2D eigenvalue weighted by Gasteiger charge is -2.18. The van der Waals surface area contributed by atoms with Crippen molar-refractivity contribution < 1.29 is 8.78 Å². The Morgan fingerprint density at radius 2 is 2.06 bits per heavy atom. The molecule has 0 heterocycles. The molecule has 17 heavy (non-hydrogen) atoms. The van der Waals surface area contributed by atoms with Gasteiger partial charge in [0.15, 0.2) is 0 Å². The van der Waals surface area contributed by atoms with Crippen molar-refractivity contribution in [2.24, 2.45) is 0 Å². The van der Waals surface area contributed by atoms with Crippen LogP contribution in [0.4, 0.5) is 8.78 Å². The van der Waals surface area contributed by atoms with E-state index in [1.807, 2.05) is 18.9 Å². The van der Waals surface area contributed by atoms with Gasteiger partial charge in [-0.15, -0.1) is 11.6 Å². The second-order valence-electron chi connectivity index (χ2n) is 4.13. The number of nitrogens with zero attached hydrogens (tertiary/aromatic N) is 1. The Kier molecular flexibility index (Phi) is 5.83. The van der Waals surface area contributed by atoms with Crippen molar-refractivity contribution in [3.63, 3.8) is 0 Å².